The number of rotatable bonds is 3. The number of aromatic carboxylic acids is 1. The number of ether oxygens (including phenoxy) is 2. The second kappa shape index (κ2) is 5.00. The highest BCUT2D eigenvalue weighted by molar-refractivity contribution is 7.90. The van der Waals surface area contributed by atoms with Gasteiger partial charge in [0.1, 0.15) is 0 Å². The monoisotopic (exact) mass is 345 g/mol. The SMILES string of the molecule is O=C(O)c1cn(S(=O)(=O)c2ccccc2)c2cc3c(cc12)OCO3. The smallest absolute Gasteiger partial charge is 0.337 e. The van der Waals surface area contributed by atoms with E-state index in [4.69, 9.17) is 9.47 Å². The molecule has 0 saturated heterocycles. The van der Waals surface area contributed by atoms with Gasteiger partial charge in [-0.15, -0.1) is 0 Å². The standard InChI is InChI=1S/C16H11NO6S/c18-16(19)12-8-17(24(20,21)10-4-2-1-3-5-10)13-7-15-14(6-11(12)13)22-9-23-15/h1-8H,9H2,(H,18,19). The third-order valence-electron chi connectivity index (χ3n) is 3.80. The van der Waals surface area contributed by atoms with E-state index in [1.165, 1.54) is 24.3 Å². The lowest BCUT2D eigenvalue weighted by Gasteiger charge is -2.07. The van der Waals surface area contributed by atoms with Gasteiger partial charge in [-0.05, 0) is 18.2 Å². The van der Waals surface area contributed by atoms with Crippen molar-refractivity contribution in [3.8, 4) is 11.5 Å². The zero-order valence-electron chi connectivity index (χ0n) is 12.2. The van der Waals surface area contributed by atoms with Gasteiger partial charge in [-0.3, -0.25) is 0 Å². The number of carboxylic acid groups (broad SMARTS) is 1. The van der Waals surface area contributed by atoms with E-state index < -0.39 is 16.0 Å². The Morgan fingerprint density at radius 1 is 1.08 bits per heavy atom. The molecule has 1 N–H and O–H groups in total. The van der Waals surface area contributed by atoms with Crippen molar-refractivity contribution in [1.29, 1.82) is 0 Å². The number of aromatic nitrogens is 1. The van der Waals surface area contributed by atoms with E-state index in [0.29, 0.717) is 11.5 Å². The molecule has 2 aromatic carbocycles. The third-order valence-corrected chi connectivity index (χ3v) is 5.48. The molecule has 1 aromatic heterocycles. The van der Waals surface area contributed by atoms with Gasteiger partial charge < -0.3 is 14.6 Å². The van der Waals surface area contributed by atoms with E-state index in [-0.39, 0.29) is 28.2 Å². The molecule has 0 radical (unpaired) electrons. The van der Waals surface area contributed by atoms with Crippen LogP contribution in [0.4, 0.5) is 0 Å². The summed E-state index contributed by atoms with van der Waals surface area (Å²) in [7, 11) is -3.94. The van der Waals surface area contributed by atoms with E-state index in [1.54, 1.807) is 18.2 Å². The van der Waals surface area contributed by atoms with Crippen LogP contribution in [-0.2, 0) is 10.0 Å². The molecular weight excluding hydrogens is 334 g/mol. The zero-order valence-corrected chi connectivity index (χ0v) is 13.0. The number of hydrogen-bond donors (Lipinski definition) is 1. The highest BCUT2D eigenvalue weighted by Gasteiger charge is 2.26. The Balaban J connectivity index is 2.04. The molecule has 1 aliphatic rings. The van der Waals surface area contributed by atoms with Gasteiger partial charge in [0.05, 0.1) is 16.0 Å². The fourth-order valence-corrected chi connectivity index (χ4v) is 4.04. The number of benzene rings is 2. The van der Waals surface area contributed by atoms with Gasteiger partial charge in [0.15, 0.2) is 11.5 Å². The maximum Gasteiger partial charge on any atom is 0.337 e. The summed E-state index contributed by atoms with van der Waals surface area (Å²) in [5.74, 6) is -0.456. The van der Waals surface area contributed by atoms with E-state index >= 15 is 0 Å². The average molecular weight is 345 g/mol. The van der Waals surface area contributed by atoms with Crippen LogP contribution in [0.3, 0.4) is 0 Å². The summed E-state index contributed by atoms with van der Waals surface area (Å²) in [6.45, 7) is 0.00970. The molecule has 0 saturated carbocycles. The number of fused-ring (bicyclic) bond motifs is 2. The molecule has 4 rings (SSSR count). The van der Waals surface area contributed by atoms with Crippen molar-refractivity contribution in [2.24, 2.45) is 0 Å². The van der Waals surface area contributed by atoms with Crippen LogP contribution < -0.4 is 9.47 Å². The van der Waals surface area contributed by atoms with Crippen LogP contribution in [0.25, 0.3) is 10.9 Å². The lowest BCUT2D eigenvalue weighted by Crippen LogP contribution is -2.11. The van der Waals surface area contributed by atoms with E-state index in [9.17, 15) is 18.3 Å². The number of nitrogens with zero attached hydrogens (tertiary/aromatic N) is 1. The van der Waals surface area contributed by atoms with Crippen LogP contribution in [0.5, 0.6) is 11.5 Å². The molecule has 0 spiro atoms. The average Bonchev–Trinajstić information content (AvgIpc) is 3.17. The molecule has 1 aliphatic heterocycles. The summed E-state index contributed by atoms with van der Waals surface area (Å²) in [6.07, 6.45) is 1.10. The molecule has 0 fully saturated rings. The molecule has 0 bridgehead atoms. The summed E-state index contributed by atoms with van der Waals surface area (Å²) in [4.78, 5) is 11.6. The van der Waals surface area contributed by atoms with Crippen LogP contribution >= 0.6 is 0 Å². The Hall–Kier alpha value is -3.00. The molecule has 3 aromatic rings. The Morgan fingerprint density at radius 2 is 1.75 bits per heavy atom. The largest absolute Gasteiger partial charge is 0.478 e. The minimum Gasteiger partial charge on any atom is -0.478 e. The van der Waals surface area contributed by atoms with E-state index in [0.717, 1.165) is 10.2 Å². The van der Waals surface area contributed by atoms with Gasteiger partial charge in [-0.1, -0.05) is 18.2 Å². The highest BCUT2D eigenvalue weighted by Crippen LogP contribution is 2.38. The molecule has 0 amide bonds. The Kier molecular flexibility index (Phi) is 3.04. The molecule has 2 heterocycles. The van der Waals surface area contributed by atoms with E-state index in [1.807, 2.05) is 0 Å². The van der Waals surface area contributed by atoms with Gasteiger partial charge in [0.25, 0.3) is 10.0 Å². The van der Waals surface area contributed by atoms with Gasteiger partial charge in [0, 0.05) is 17.6 Å². The molecule has 24 heavy (non-hydrogen) atoms. The summed E-state index contributed by atoms with van der Waals surface area (Å²) in [5.41, 5.74) is 0.100. The second-order valence-corrected chi connectivity index (χ2v) is 7.00. The summed E-state index contributed by atoms with van der Waals surface area (Å²) >= 11 is 0. The van der Waals surface area contributed by atoms with Crippen molar-refractivity contribution in [3.05, 3.63) is 54.2 Å². The first-order valence-electron chi connectivity index (χ1n) is 6.97. The van der Waals surface area contributed by atoms with Gasteiger partial charge in [-0.25, -0.2) is 17.2 Å². The van der Waals surface area contributed by atoms with Crippen molar-refractivity contribution in [2.45, 2.75) is 4.90 Å². The van der Waals surface area contributed by atoms with Gasteiger partial charge in [0.2, 0.25) is 6.79 Å². The first-order valence-corrected chi connectivity index (χ1v) is 8.41. The second-order valence-electron chi connectivity index (χ2n) is 5.18. The van der Waals surface area contributed by atoms with Gasteiger partial charge >= 0.3 is 5.97 Å². The van der Waals surface area contributed by atoms with Crippen molar-refractivity contribution in [2.75, 3.05) is 6.79 Å². The van der Waals surface area contributed by atoms with Crippen LogP contribution in [0.2, 0.25) is 0 Å². The molecule has 0 atom stereocenters. The van der Waals surface area contributed by atoms with Crippen LogP contribution in [0, 0.1) is 0 Å². The first kappa shape index (κ1) is 14.6. The molecular formula is C16H11NO6S. The van der Waals surface area contributed by atoms with Crippen molar-refractivity contribution < 1.29 is 27.8 Å². The Morgan fingerprint density at radius 3 is 2.42 bits per heavy atom. The van der Waals surface area contributed by atoms with Crippen molar-refractivity contribution >= 4 is 26.9 Å². The van der Waals surface area contributed by atoms with Crippen molar-refractivity contribution in [1.82, 2.24) is 3.97 Å². The summed E-state index contributed by atoms with van der Waals surface area (Å²) in [6, 6.07) is 10.8. The lowest BCUT2D eigenvalue weighted by molar-refractivity contribution is 0.0699. The molecule has 8 heteroatoms. The normalized spacial score (nSPS) is 13.3. The minimum atomic E-state index is -3.94. The van der Waals surface area contributed by atoms with Crippen LogP contribution in [0.1, 0.15) is 10.4 Å². The minimum absolute atomic E-state index is 0.00970. The number of hydrogen-bond acceptors (Lipinski definition) is 5. The lowest BCUT2D eigenvalue weighted by atomic mass is 10.1. The maximum atomic E-state index is 12.9. The van der Waals surface area contributed by atoms with Gasteiger partial charge in [-0.2, -0.15) is 0 Å². The Labute approximate surface area is 136 Å². The Bertz CT molecular complexity index is 1070. The number of carboxylic acids is 1. The zero-order chi connectivity index (χ0) is 16.9. The maximum absolute atomic E-state index is 12.9. The molecule has 0 aliphatic carbocycles. The molecule has 122 valence electrons. The van der Waals surface area contributed by atoms with Crippen LogP contribution in [0.15, 0.2) is 53.6 Å². The predicted molar refractivity (Wildman–Crippen MR) is 84.0 cm³/mol. The fraction of sp³-hybridized carbons (Fsp3) is 0.0625. The fourth-order valence-electron chi connectivity index (χ4n) is 2.66. The quantitative estimate of drug-likeness (QED) is 0.783. The predicted octanol–water partition coefficient (Wildman–Crippen LogP) is 2.31. The van der Waals surface area contributed by atoms with Crippen molar-refractivity contribution in [3.63, 3.8) is 0 Å². The molecule has 0 unspecified atom stereocenters. The van der Waals surface area contributed by atoms with Crippen LogP contribution in [-0.4, -0.2) is 30.3 Å². The number of carbonyl (C=O) groups is 1. The highest BCUT2D eigenvalue weighted by atomic mass is 32.2. The topological polar surface area (TPSA) is 94.8 Å². The molecule has 7 nitrogen and oxygen atoms in total. The first-order chi connectivity index (χ1) is 11.5. The third kappa shape index (κ3) is 2.04. The summed E-state index contributed by atoms with van der Waals surface area (Å²) < 4.78 is 37.2. The van der Waals surface area contributed by atoms with E-state index in [2.05, 4.69) is 0 Å². The summed E-state index contributed by atoms with van der Waals surface area (Å²) in [5, 5.41) is 9.67.